The largest absolute Gasteiger partial charge is 0.0619 e. The van der Waals surface area contributed by atoms with Gasteiger partial charge in [-0.3, -0.25) is 0 Å². The molecule has 0 heteroatoms. The third-order valence-electron chi connectivity index (χ3n) is 11.1. The monoisotopic (exact) mass is 622 g/mol. The van der Waals surface area contributed by atoms with E-state index in [4.69, 9.17) is 0 Å². The molecule has 10 rings (SSSR count). The van der Waals surface area contributed by atoms with Crippen molar-refractivity contribution in [2.24, 2.45) is 0 Å². The summed E-state index contributed by atoms with van der Waals surface area (Å²) >= 11 is 0. The van der Waals surface area contributed by atoms with Gasteiger partial charge in [0.15, 0.2) is 0 Å². The van der Waals surface area contributed by atoms with Gasteiger partial charge in [0.1, 0.15) is 0 Å². The Morgan fingerprint density at radius 2 is 0.980 bits per heavy atom. The molecule has 9 aromatic carbocycles. The van der Waals surface area contributed by atoms with E-state index in [-0.39, 0.29) is 0 Å². The van der Waals surface area contributed by atoms with E-state index in [2.05, 4.69) is 172 Å². The predicted octanol–water partition coefficient (Wildman–Crippen LogP) is 13.5. The summed E-state index contributed by atoms with van der Waals surface area (Å²) in [5.74, 6) is 0. The van der Waals surface area contributed by atoms with Crippen LogP contribution in [0.25, 0.3) is 87.6 Å². The molecular weight excluding hydrogens is 589 g/mol. The van der Waals surface area contributed by atoms with E-state index in [1.807, 2.05) is 0 Å². The van der Waals surface area contributed by atoms with Crippen LogP contribution in [0.5, 0.6) is 0 Å². The summed E-state index contributed by atoms with van der Waals surface area (Å²) < 4.78 is 0. The summed E-state index contributed by atoms with van der Waals surface area (Å²) in [7, 11) is 0. The molecule has 0 aliphatic heterocycles. The molecule has 9 aromatic rings. The van der Waals surface area contributed by atoms with Crippen LogP contribution in [-0.4, -0.2) is 0 Å². The predicted molar refractivity (Wildman–Crippen MR) is 210 cm³/mol. The van der Waals surface area contributed by atoms with Crippen LogP contribution in [0.1, 0.15) is 22.3 Å². The Morgan fingerprint density at radius 1 is 0.347 bits per heavy atom. The van der Waals surface area contributed by atoms with Gasteiger partial charge in [-0.25, -0.2) is 0 Å². The molecule has 49 heavy (non-hydrogen) atoms. The van der Waals surface area contributed by atoms with Crippen LogP contribution >= 0.6 is 0 Å². The zero-order chi connectivity index (χ0) is 32.6. The highest BCUT2D eigenvalue weighted by molar-refractivity contribution is 6.17. The lowest BCUT2D eigenvalue weighted by atomic mass is 9.81. The average molecular weight is 623 g/mol. The van der Waals surface area contributed by atoms with Crippen LogP contribution in [0, 0.1) is 13.8 Å². The molecular formula is C49H34. The summed E-state index contributed by atoms with van der Waals surface area (Å²) in [6, 6.07) is 59.0. The van der Waals surface area contributed by atoms with Crippen molar-refractivity contribution in [2.75, 3.05) is 0 Å². The molecule has 0 fully saturated rings. The zero-order valence-electron chi connectivity index (χ0n) is 27.7. The number of benzene rings is 9. The van der Waals surface area contributed by atoms with E-state index in [1.54, 1.807) is 0 Å². The first kappa shape index (κ1) is 28.1. The van der Waals surface area contributed by atoms with Crippen molar-refractivity contribution in [3.8, 4) is 44.5 Å². The lowest BCUT2D eigenvalue weighted by Crippen LogP contribution is -1.98. The molecule has 0 unspecified atom stereocenters. The van der Waals surface area contributed by atoms with Gasteiger partial charge in [0, 0.05) is 0 Å². The van der Waals surface area contributed by atoms with Crippen molar-refractivity contribution in [3.63, 3.8) is 0 Å². The minimum absolute atomic E-state index is 0.958. The quantitative estimate of drug-likeness (QED) is 0.136. The minimum Gasteiger partial charge on any atom is -0.0619 e. The van der Waals surface area contributed by atoms with Gasteiger partial charge in [0.2, 0.25) is 0 Å². The van der Waals surface area contributed by atoms with E-state index < -0.39 is 0 Å². The maximum absolute atomic E-state index is 2.42. The first-order valence-corrected chi connectivity index (χ1v) is 17.3. The summed E-state index contributed by atoms with van der Waals surface area (Å²) in [5.41, 5.74) is 16.1. The molecule has 0 aromatic heterocycles. The van der Waals surface area contributed by atoms with Gasteiger partial charge in [0.05, 0.1) is 0 Å². The number of hydrogen-bond donors (Lipinski definition) is 0. The highest BCUT2D eigenvalue weighted by Crippen LogP contribution is 2.50. The van der Waals surface area contributed by atoms with Crippen molar-refractivity contribution in [2.45, 2.75) is 20.3 Å². The zero-order valence-corrected chi connectivity index (χ0v) is 27.7. The topological polar surface area (TPSA) is 0 Å². The molecule has 0 saturated carbocycles. The lowest BCUT2D eigenvalue weighted by molar-refractivity contribution is 1.23. The van der Waals surface area contributed by atoms with Crippen LogP contribution in [0.4, 0.5) is 0 Å². The molecule has 0 spiro atoms. The van der Waals surface area contributed by atoms with Gasteiger partial charge in [-0.15, -0.1) is 0 Å². The Kier molecular flexibility index (Phi) is 6.17. The Hall–Kier alpha value is -5.98. The number of fused-ring (bicyclic) bond motifs is 8. The minimum atomic E-state index is 0.958. The first-order valence-electron chi connectivity index (χ1n) is 17.3. The summed E-state index contributed by atoms with van der Waals surface area (Å²) in [6.45, 7) is 4.59. The smallest absolute Gasteiger partial charge is 0.000718 e. The second kappa shape index (κ2) is 10.8. The van der Waals surface area contributed by atoms with Gasteiger partial charge < -0.3 is 0 Å². The van der Waals surface area contributed by atoms with Crippen LogP contribution in [0.15, 0.2) is 158 Å². The number of aryl methyl sites for hydroxylation is 1. The van der Waals surface area contributed by atoms with Crippen LogP contribution in [0.2, 0.25) is 0 Å². The van der Waals surface area contributed by atoms with Crippen molar-refractivity contribution < 1.29 is 0 Å². The van der Waals surface area contributed by atoms with Gasteiger partial charge in [-0.1, -0.05) is 146 Å². The molecule has 0 saturated heterocycles. The molecule has 0 bridgehead atoms. The third kappa shape index (κ3) is 4.24. The van der Waals surface area contributed by atoms with E-state index in [9.17, 15) is 0 Å². The lowest BCUT2D eigenvalue weighted by Gasteiger charge is -2.22. The van der Waals surface area contributed by atoms with Crippen molar-refractivity contribution >= 4 is 43.1 Å². The molecule has 0 amide bonds. The maximum atomic E-state index is 2.42. The first-order chi connectivity index (χ1) is 24.1. The summed E-state index contributed by atoms with van der Waals surface area (Å²) in [6.07, 6.45) is 0.958. The van der Waals surface area contributed by atoms with Crippen LogP contribution in [-0.2, 0) is 6.42 Å². The Labute approximate surface area is 286 Å². The summed E-state index contributed by atoms with van der Waals surface area (Å²) in [4.78, 5) is 0. The molecule has 0 N–H and O–H groups in total. The Morgan fingerprint density at radius 3 is 1.82 bits per heavy atom. The third-order valence-corrected chi connectivity index (χ3v) is 11.1. The Bertz CT molecular complexity index is 2810. The fraction of sp³-hybridized carbons (Fsp3) is 0.0612. The average Bonchev–Trinajstić information content (AvgIpc) is 3.51. The fourth-order valence-corrected chi connectivity index (χ4v) is 8.61. The Balaban J connectivity index is 1.32. The van der Waals surface area contributed by atoms with Gasteiger partial charge in [0.25, 0.3) is 0 Å². The van der Waals surface area contributed by atoms with Crippen molar-refractivity contribution in [3.05, 3.63) is 180 Å². The van der Waals surface area contributed by atoms with Gasteiger partial charge in [-0.2, -0.15) is 0 Å². The maximum Gasteiger partial charge on any atom is -0.000718 e. The van der Waals surface area contributed by atoms with Crippen LogP contribution < -0.4 is 0 Å². The molecule has 1 aliphatic carbocycles. The van der Waals surface area contributed by atoms with E-state index >= 15 is 0 Å². The van der Waals surface area contributed by atoms with Gasteiger partial charge in [-0.05, 0) is 142 Å². The molecule has 0 nitrogen and oxygen atoms in total. The normalized spacial score (nSPS) is 12.2. The second-order valence-corrected chi connectivity index (χ2v) is 13.7. The number of rotatable bonds is 3. The SMILES string of the molecule is Cc1cc2c(c(-c3ccccc3-c3c(-c4cccc5c4ccc4ccccc45)ccc4cc5ccccc5cc34)c1C)Cc1ccccc1-2. The standard InChI is InChI=1S/C49H34/c1-30-26-46-38-17-8-6-15-35(38)29-47(46)48(31(30)2)42-18-9-10-19-43(42)49-44(25-23-36-27-33-13-3-4-14-34(33)28-45(36)49)40-21-11-20-39-37-16-7-5-12-32(37)22-24-41(39)40/h3-28H,29H2,1-2H3. The van der Waals surface area contributed by atoms with E-state index in [0.29, 0.717) is 0 Å². The molecule has 0 atom stereocenters. The highest BCUT2D eigenvalue weighted by Gasteiger charge is 2.26. The van der Waals surface area contributed by atoms with E-state index in [0.717, 1.165) is 6.42 Å². The van der Waals surface area contributed by atoms with E-state index in [1.165, 1.54) is 110 Å². The fourth-order valence-electron chi connectivity index (χ4n) is 8.61. The second-order valence-electron chi connectivity index (χ2n) is 13.7. The molecule has 0 radical (unpaired) electrons. The number of hydrogen-bond acceptors (Lipinski definition) is 0. The molecule has 230 valence electrons. The van der Waals surface area contributed by atoms with Crippen LogP contribution in [0.3, 0.4) is 0 Å². The van der Waals surface area contributed by atoms with Crippen molar-refractivity contribution in [1.82, 2.24) is 0 Å². The van der Waals surface area contributed by atoms with Crippen molar-refractivity contribution in [1.29, 1.82) is 0 Å². The summed E-state index contributed by atoms with van der Waals surface area (Å²) in [5, 5.41) is 10.2. The molecule has 1 aliphatic rings. The molecule has 0 heterocycles. The highest BCUT2D eigenvalue weighted by atomic mass is 14.3. The van der Waals surface area contributed by atoms with Gasteiger partial charge >= 0.3 is 0 Å².